The Bertz CT molecular complexity index is 415. The van der Waals surface area contributed by atoms with Crippen LogP contribution in [0.2, 0.25) is 0 Å². The summed E-state index contributed by atoms with van der Waals surface area (Å²) in [5.74, 6) is 0. The van der Waals surface area contributed by atoms with Crippen LogP contribution in [0.3, 0.4) is 0 Å². The number of nitrogens with one attached hydrogen (secondary N) is 1. The molecule has 0 bridgehead atoms. The largest absolute Gasteiger partial charge is 0.313 e. The van der Waals surface area contributed by atoms with Crippen molar-refractivity contribution < 1.29 is 9.05 Å². The lowest BCUT2D eigenvalue weighted by molar-refractivity contribution is 0.259. The van der Waals surface area contributed by atoms with Gasteiger partial charge in [-0.3, -0.25) is 0 Å². The van der Waals surface area contributed by atoms with Gasteiger partial charge in [0.15, 0.2) is 0 Å². The molecule has 1 N–H and O–H groups in total. The number of hydrazone groups is 1. The lowest BCUT2D eigenvalue weighted by Gasteiger charge is -2.19. The number of thiophene rings is 1. The molecule has 17 heavy (non-hydrogen) atoms. The molecule has 4 nitrogen and oxygen atoms in total. The third-order valence-electron chi connectivity index (χ3n) is 1.56. The molecule has 0 saturated carbocycles. The van der Waals surface area contributed by atoms with Crippen molar-refractivity contribution in [1.29, 1.82) is 0 Å². The molecule has 1 aromatic heterocycles. The van der Waals surface area contributed by atoms with E-state index in [9.17, 15) is 0 Å². The molecule has 0 aliphatic carbocycles. The summed E-state index contributed by atoms with van der Waals surface area (Å²) in [4.78, 5) is 1.03. The average molecular weight is 357 g/mol. The van der Waals surface area contributed by atoms with E-state index in [2.05, 4.69) is 26.2 Å². The normalized spacial score (nSPS) is 12.2. The van der Waals surface area contributed by atoms with Gasteiger partial charge in [0.2, 0.25) is 0 Å². The molecule has 0 aliphatic rings. The Morgan fingerprint density at radius 1 is 1.47 bits per heavy atom. The Hall–Kier alpha value is 0.220. The minimum atomic E-state index is -2.47. The highest BCUT2D eigenvalue weighted by atomic mass is 79.9. The fraction of sp³-hybridized carbons (Fsp3) is 0.444. The first-order valence-electron chi connectivity index (χ1n) is 5.04. The zero-order valence-corrected chi connectivity index (χ0v) is 13.7. The number of halogens is 1. The quantitative estimate of drug-likeness (QED) is 0.459. The predicted molar refractivity (Wildman–Crippen MR) is 80.3 cm³/mol. The standard InChI is InChI=1S/C9H14BrN2O2PS2/c1-3-13-15(16,14-4-2)12-11-7-8-5-6-9(10)17-8/h5-7H,3-4H2,1-2H3,(H,12,16)/b11-7+. The first-order valence-corrected chi connectivity index (χ1v) is 9.29. The lowest BCUT2D eigenvalue weighted by Crippen LogP contribution is -2.09. The minimum absolute atomic E-state index is 0.504. The molecule has 1 heterocycles. The minimum Gasteiger partial charge on any atom is -0.313 e. The van der Waals surface area contributed by atoms with Crippen molar-refractivity contribution in [3.05, 3.63) is 20.8 Å². The molecule has 0 saturated heterocycles. The van der Waals surface area contributed by atoms with E-state index in [1.165, 1.54) is 0 Å². The van der Waals surface area contributed by atoms with Crippen LogP contribution in [0.5, 0.6) is 0 Å². The summed E-state index contributed by atoms with van der Waals surface area (Å²) < 4.78 is 11.8. The highest BCUT2D eigenvalue weighted by Crippen LogP contribution is 2.43. The third kappa shape index (κ3) is 5.59. The summed E-state index contributed by atoms with van der Waals surface area (Å²) in [7, 11) is 0. The molecule has 0 radical (unpaired) electrons. The van der Waals surface area contributed by atoms with Crippen LogP contribution in [0.15, 0.2) is 21.0 Å². The second kappa shape index (κ2) is 7.61. The first-order chi connectivity index (χ1) is 8.09. The highest BCUT2D eigenvalue weighted by Gasteiger charge is 2.15. The van der Waals surface area contributed by atoms with Gasteiger partial charge in [-0.05, 0) is 53.7 Å². The molecule has 8 heteroatoms. The van der Waals surface area contributed by atoms with Gasteiger partial charge in [-0.2, -0.15) is 5.10 Å². The summed E-state index contributed by atoms with van der Waals surface area (Å²) in [6.45, 7) is 2.29. The van der Waals surface area contributed by atoms with E-state index < -0.39 is 6.64 Å². The SMILES string of the molecule is CCOP(=S)(N/N=C/c1ccc(Br)s1)OCC. The molecule has 1 rings (SSSR count). The van der Waals surface area contributed by atoms with Crippen molar-refractivity contribution in [3.63, 3.8) is 0 Å². The van der Waals surface area contributed by atoms with Gasteiger partial charge in [0.1, 0.15) is 0 Å². The summed E-state index contributed by atoms with van der Waals surface area (Å²) in [6.07, 6.45) is 1.70. The Morgan fingerprint density at radius 3 is 2.59 bits per heavy atom. The van der Waals surface area contributed by atoms with Crippen LogP contribution in [0.25, 0.3) is 0 Å². The van der Waals surface area contributed by atoms with Gasteiger partial charge in [0.25, 0.3) is 0 Å². The summed E-state index contributed by atoms with van der Waals surface area (Å²) in [5.41, 5.74) is 0. The van der Waals surface area contributed by atoms with Crippen molar-refractivity contribution in [2.24, 2.45) is 5.10 Å². The fourth-order valence-corrected chi connectivity index (χ4v) is 4.13. The molecule has 0 amide bonds. The Labute approximate surface area is 119 Å². The molecule has 1 aromatic rings. The van der Waals surface area contributed by atoms with Crippen LogP contribution in [0.4, 0.5) is 0 Å². The first kappa shape index (κ1) is 15.3. The van der Waals surface area contributed by atoms with Crippen LogP contribution >= 0.6 is 33.9 Å². The van der Waals surface area contributed by atoms with Gasteiger partial charge >= 0.3 is 6.64 Å². The zero-order valence-electron chi connectivity index (χ0n) is 9.55. The number of nitrogens with zero attached hydrogens (tertiary/aromatic N) is 1. The van der Waals surface area contributed by atoms with E-state index in [1.54, 1.807) is 17.6 Å². The molecular weight excluding hydrogens is 343 g/mol. The molecule has 0 aliphatic heterocycles. The second-order valence-corrected chi connectivity index (χ2v) is 8.48. The maximum absolute atomic E-state index is 5.39. The predicted octanol–water partition coefficient (Wildman–Crippen LogP) is 3.73. The van der Waals surface area contributed by atoms with Gasteiger partial charge < -0.3 is 9.05 Å². The molecule has 0 aromatic carbocycles. The summed E-state index contributed by atoms with van der Waals surface area (Å²) >= 11 is 10.2. The highest BCUT2D eigenvalue weighted by molar-refractivity contribution is 9.11. The van der Waals surface area contributed by atoms with E-state index >= 15 is 0 Å². The van der Waals surface area contributed by atoms with Gasteiger partial charge in [-0.15, -0.1) is 11.3 Å². The van der Waals surface area contributed by atoms with E-state index in [0.29, 0.717) is 13.2 Å². The summed E-state index contributed by atoms with van der Waals surface area (Å²) in [5, 5.41) is 6.87. The van der Waals surface area contributed by atoms with E-state index in [1.807, 2.05) is 26.0 Å². The number of rotatable bonds is 7. The third-order valence-corrected chi connectivity index (χ3v) is 5.56. The van der Waals surface area contributed by atoms with Crippen LogP contribution in [-0.2, 0) is 20.9 Å². The van der Waals surface area contributed by atoms with Gasteiger partial charge in [-0.1, -0.05) is 0 Å². The topological polar surface area (TPSA) is 42.8 Å². The Kier molecular flexibility index (Phi) is 6.84. The van der Waals surface area contributed by atoms with Gasteiger partial charge in [0.05, 0.1) is 23.2 Å². The summed E-state index contributed by atoms with van der Waals surface area (Å²) in [6, 6.07) is 3.93. The molecular formula is C9H14BrN2O2PS2. The van der Waals surface area contributed by atoms with Crippen molar-refractivity contribution in [1.82, 2.24) is 5.20 Å². The van der Waals surface area contributed by atoms with Crippen molar-refractivity contribution >= 4 is 51.9 Å². The lowest BCUT2D eigenvalue weighted by atomic mass is 10.5. The maximum atomic E-state index is 5.39. The van der Waals surface area contributed by atoms with Crippen molar-refractivity contribution in [2.45, 2.75) is 13.8 Å². The number of hydrogen-bond donors (Lipinski definition) is 1. The van der Waals surface area contributed by atoms with E-state index in [0.717, 1.165) is 8.66 Å². The van der Waals surface area contributed by atoms with Gasteiger partial charge in [0, 0.05) is 4.88 Å². The fourth-order valence-electron chi connectivity index (χ4n) is 0.996. The molecule has 0 atom stereocenters. The smallest absolute Gasteiger partial charge is 0.303 e. The van der Waals surface area contributed by atoms with Crippen LogP contribution < -0.4 is 5.20 Å². The number of hydrogen-bond acceptors (Lipinski definition) is 5. The molecule has 0 unspecified atom stereocenters. The van der Waals surface area contributed by atoms with Gasteiger partial charge in [-0.25, -0.2) is 5.20 Å². The monoisotopic (exact) mass is 356 g/mol. The van der Waals surface area contributed by atoms with E-state index in [4.69, 9.17) is 20.9 Å². The van der Waals surface area contributed by atoms with Crippen molar-refractivity contribution in [3.8, 4) is 0 Å². The average Bonchev–Trinajstić information content (AvgIpc) is 2.65. The van der Waals surface area contributed by atoms with Crippen LogP contribution in [0.1, 0.15) is 18.7 Å². The van der Waals surface area contributed by atoms with Crippen LogP contribution in [0, 0.1) is 0 Å². The molecule has 0 fully saturated rings. The van der Waals surface area contributed by atoms with Crippen LogP contribution in [-0.4, -0.2) is 19.4 Å². The second-order valence-electron chi connectivity index (χ2n) is 2.83. The Morgan fingerprint density at radius 2 is 2.12 bits per heavy atom. The zero-order chi connectivity index (χ0) is 12.7. The molecule has 0 spiro atoms. The maximum Gasteiger partial charge on any atom is 0.303 e. The van der Waals surface area contributed by atoms with E-state index in [-0.39, 0.29) is 0 Å². The Balaban J connectivity index is 2.57. The molecule has 96 valence electrons. The van der Waals surface area contributed by atoms with Crippen molar-refractivity contribution in [2.75, 3.05) is 13.2 Å².